The van der Waals surface area contributed by atoms with Crippen LogP contribution in [0.5, 0.6) is 28.7 Å². The standard InChI is InChI=1S/C56H66FN5O16/c1-24-13-12-14-25(2)54(71)59-41-34(20-58-62-17-16-60(21-26(62)3)43-36(57)19-33-42-52(43)75-23-27(4)61(42)22-35(47(33)67)55(72)73)48(68)38-39(49(41)69)46(66)31(8)51-40(38)53(70)56(10,78-51)76-18-15-37(74-11)28(5)50(77-32(9)63)30(7)45(65)29(6)44(24)64/h12-15,18-20,22,24,26-30,37,44-45,50,64-66,68-69H,16-17,21,23H2,1-11H3,(H,59,71)(H,72,73)/b13-12+,18-15+,25-14-,58-20+/t24-,26?,27?,28+,29+,30+,37-,44-,45+,50+,56-/m0/s1. The molecule has 0 aliphatic carbocycles. The fourth-order valence-corrected chi connectivity index (χ4v) is 11.0. The SMILES string of the molecule is CO[C@H]1/C=C/O[C@@]2(C)Oc3c(C)c(O)c4c(O)c(c(/C=N/N5CCN(c6c(F)cc7c(=O)c(C(=O)O)cn8c7c6OCC8C)CC5C)c(O)c4c3C2=O)NC(=O)/C(C)=C\C=C\[C@H](C)[C@H](O)[C@@H](C)[C@@H](O)[C@@H](C)[C@H](OC(C)=O)[C@@H]1C. The molecule has 5 aliphatic heterocycles. The molecule has 1 aromatic heterocycles. The van der Waals surface area contributed by atoms with Crippen molar-refractivity contribution in [3.05, 3.63) is 86.7 Å². The van der Waals surface area contributed by atoms with Crippen LogP contribution in [0.3, 0.4) is 0 Å². The highest BCUT2D eigenvalue weighted by Crippen LogP contribution is 2.55. The second-order valence-corrected chi connectivity index (χ2v) is 21.0. The highest BCUT2D eigenvalue weighted by molar-refractivity contribution is 6.24. The van der Waals surface area contributed by atoms with Crippen LogP contribution in [0.1, 0.15) is 100 Å². The number of ether oxygens (including phenoxy) is 5. The number of carboxylic acids is 1. The van der Waals surface area contributed by atoms with Gasteiger partial charge in [0.25, 0.3) is 11.7 Å². The number of esters is 1. The number of nitrogens with zero attached hydrogens (tertiary/aromatic N) is 4. The zero-order valence-corrected chi connectivity index (χ0v) is 45.2. The molecule has 78 heavy (non-hydrogen) atoms. The predicted molar refractivity (Wildman–Crippen MR) is 285 cm³/mol. The quantitative estimate of drug-likeness (QED) is 0.0475. The van der Waals surface area contributed by atoms with Gasteiger partial charge in [-0.2, -0.15) is 5.10 Å². The molecule has 22 heteroatoms. The molecule has 0 spiro atoms. The average molecular weight is 1080 g/mol. The number of Topliss-reactive ketones (excluding diaryl/α,β-unsaturated/α-hetero) is 1. The molecule has 0 radical (unpaired) electrons. The monoisotopic (exact) mass is 1080 g/mol. The number of anilines is 2. The van der Waals surface area contributed by atoms with Gasteiger partial charge in [0.15, 0.2) is 17.3 Å². The Balaban J connectivity index is 1.21. The van der Waals surface area contributed by atoms with Crippen molar-refractivity contribution in [2.24, 2.45) is 28.8 Å². The third-order valence-electron chi connectivity index (χ3n) is 15.6. The average Bonchev–Trinajstić information content (AvgIpc) is 3.77. The minimum Gasteiger partial charge on any atom is -0.507 e. The first-order chi connectivity index (χ1) is 36.7. The van der Waals surface area contributed by atoms with Crippen LogP contribution in [0.15, 0.2) is 58.3 Å². The molecule has 5 bridgehead atoms. The normalized spacial score (nSPS) is 29.4. The van der Waals surface area contributed by atoms with Crippen LogP contribution in [0.4, 0.5) is 15.8 Å². The Morgan fingerprint density at radius 2 is 1.63 bits per heavy atom. The Bertz CT molecular complexity index is 3320. The number of piperazine rings is 1. The number of aromatic carboxylic acids is 1. The number of benzene rings is 3. The van der Waals surface area contributed by atoms with Crippen LogP contribution in [-0.2, 0) is 23.8 Å². The highest BCUT2D eigenvalue weighted by atomic mass is 19.1. The number of amides is 1. The van der Waals surface area contributed by atoms with E-state index in [-0.39, 0.29) is 88.0 Å². The Morgan fingerprint density at radius 3 is 2.28 bits per heavy atom. The number of nitrogens with one attached hydrogen (secondary N) is 1. The number of aromatic hydroxyl groups is 3. The van der Waals surface area contributed by atoms with Crippen LogP contribution in [0.25, 0.3) is 21.7 Å². The molecule has 7 N–H and O–H groups in total. The fourth-order valence-electron chi connectivity index (χ4n) is 11.0. The number of allylic oxidation sites excluding steroid dienone is 2. The van der Waals surface area contributed by atoms with Crippen LogP contribution < -0.4 is 25.1 Å². The van der Waals surface area contributed by atoms with Gasteiger partial charge < -0.3 is 69.1 Å². The number of carbonyl (C=O) groups is 4. The lowest BCUT2D eigenvalue weighted by Crippen LogP contribution is -2.50. The molecule has 5 aliphatic rings. The lowest BCUT2D eigenvalue weighted by Gasteiger charge is -2.40. The van der Waals surface area contributed by atoms with Crippen molar-refractivity contribution in [1.29, 1.82) is 0 Å². The summed E-state index contributed by atoms with van der Waals surface area (Å²) in [5.74, 6) is -11.5. The summed E-state index contributed by atoms with van der Waals surface area (Å²) in [5.41, 5.74) is -1.95. The third-order valence-corrected chi connectivity index (χ3v) is 15.6. The summed E-state index contributed by atoms with van der Waals surface area (Å²) in [5, 5.41) is 77.4. The number of phenols is 3. The van der Waals surface area contributed by atoms with Crippen molar-refractivity contribution in [2.45, 2.75) is 112 Å². The number of aliphatic hydroxyl groups excluding tert-OH is 2. The lowest BCUT2D eigenvalue weighted by atomic mass is 9.78. The number of aromatic nitrogens is 1. The molecular formula is C56H66FN5O16. The summed E-state index contributed by atoms with van der Waals surface area (Å²) < 4.78 is 47.7. The number of methoxy groups -OCH3 is 1. The summed E-state index contributed by atoms with van der Waals surface area (Å²) in [7, 11) is 1.41. The van der Waals surface area contributed by atoms with E-state index in [0.29, 0.717) is 0 Å². The first-order valence-electron chi connectivity index (χ1n) is 25.6. The number of carbonyl (C=O) groups excluding carboxylic acids is 3. The molecule has 0 saturated carbocycles. The Hall–Kier alpha value is -7.69. The molecule has 21 nitrogen and oxygen atoms in total. The van der Waals surface area contributed by atoms with Gasteiger partial charge in [-0.1, -0.05) is 45.9 Å². The van der Waals surface area contributed by atoms with E-state index in [9.17, 15) is 54.6 Å². The van der Waals surface area contributed by atoms with E-state index >= 15 is 4.39 Å². The van der Waals surface area contributed by atoms with E-state index in [1.54, 1.807) is 62.1 Å². The zero-order valence-electron chi connectivity index (χ0n) is 45.2. The van der Waals surface area contributed by atoms with Gasteiger partial charge in [0, 0.05) is 80.4 Å². The predicted octanol–water partition coefficient (Wildman–Crippen LogP) is 6.40. The summed E-state index contributed by atoms with van der Waals surface area (Å²) in [6, 6.07) is 0.123. The molecule has 1 saturated heterocycles. The first kappa shape index (κ1) is 56.5. The number of carboxylic acid groups (broad SMARTS) is 1. The van der Waals surface area contributed by atoms with Crippen LogP contribution >= 0.6 is 0 Å². The number of pyridine rings is 1. The molecule has 418 valence electrons. The maximum absolute atomic E-state index is 16.3. The van der Waals surface area contributed by atoms with Crippen molar-refractivity contribution < 1.29 is 77.9 Å². The summed E-state index contributed by atoms with van der Waals surface area (Å²) in [6.45, 7) is 16.2. The van der Waals surface area contributed by atoms with Crippen LogP contribution in [-0.4, -0.2) is 140 Å². The maximum atomic E-state index is 16.3. The second kappa shape index (κ2) is 21.6. The molecule has 1 fully saturated rings. The van der Waals surface area contributed by atoms with E-state index < -0.39 is 129 Å². The van der Waals surface area contributed by atoms with E-state index in [0.717, 1.165) is 12.3 Å². The van der Waals surface area contributed by atoms with Gasteiger partial charge >= 0.3 is 17.7 Å². The number of rotatable bonds is 6. The molecule has 11 atom stereocenters. The zero-order chi connectivity index (χ0) is 57.1. The van der Waals surface area contributed by atoms with Gasteiger partial charge in [-0.15, -0.1) is 0 Å². The topological polar surface area (TPSA) is 289 Å². The van der Waals surface area contributed by atoms with Crippen molar-refractivity contribution in [3.63, 3.8) is 0 Å². The maximum Gasteiger partial charge on any atom is 0.341 e. The van der Waals surface area contributed by atoms with E-state index in [1.807, 2.05) is 0 Å². The van der Waals surface area contributed by atoms with Gasteiger partial charge in [-0.25, -0.2) is 9.18 Å². The molecular weight excluding hydrogens is 1020 g/mol. The summed E-state index contributed by atoms with van der Waals surface area (Å²) in [4.78, 5) is 68.3. The van der Waals surface area contributed by atoms with Crippen molar-refractivity contribution in [2.75, 3.05) is 43.6 Å². The van der Waals surface area contributed by atoms with Gasteiger partial charge in [0.1, 0.15) is 41.2 Å². The Kier molecular flexibility index (Phi) is 15.7. The van der Waals surface area contributed by atoms with Crippen molar-refractivity contribution in [3.8, 4) is 28.7 Å². The van der Waals surface area contributed by atoms with E-state index in [1.165, 1.54) is 65.4 Å². The molecule has 4 aromatic rings. The summed E-state index contributed by atoms with van der Waals surface area (Å²) >= 11 is 0. The molecule has 6 heterocycles. The van der Waals surface area contributed by atoms with Gasteiger partial charge in [0.2, 0.25) is 5.43 Å². The van der Waals surface area contributed by atoms with Gasteiger partial charge in [-0.3, -0.25) is 24.2 Å². The number of halogens is 1. The smallest absolute Gasteiger partial charge is 0.341 e. The van der Waals surface area contributed by atoms with Crippen molar-refractivity contribution in [1.82, 2.24) is 9.58 Å². The number of aliphatic hydroxyl groups is 2. The molecule has 3 aromatic carbocycles. The highest BCUT2D eigenvalue weighted by Gasteiger charge is 2.50. The third kappa shape index (κ3) is 9.84. The number of ketones is 1. The molecule has 1 amide bonds. The minimum atomic E-state index is -2.15. The summed E-state index contributed by atoms with van der Waals surface area (Å²) in [6.07, 6.45) is 5.50. The lowest BCUT2D eigenvalue weighted by molar-refractivity contribution is -0.160. The number of hydrogen-bond donors (Lipinski definition) is 7. The number of fused-ring (bicyclic) bond motifs is 14. The number of phenolic OH excluding ortho intramolecular Hbond substituents is 3. The Labute approximate surface area is 448 Å². The molecule has 2 unspecified atom stereocenters. The van der Waals surface area contributed by atoms with E-state index in [4.69, 9.17) is 23.7 Å². The van der Waals surface area contributed by atoms with Crippen LogP contribution in [0, 0.1) is 36.4 Å². The van der Waals surface area contributed by atoms with Gasteiger partial charge in [-0.05, 0) is 39.8 Å². The van der Waals surface area contributed by atoms with Crippen LogP contribution in [0.2, 0.25) is 0 Å². The van der Waals surface area contributed by atoms with E-state index in [2.05, 4.69) is 10.4 Å². The van der Waals surface area contributed by atoms with Gasteiger partial charge in [0.05, 0.1) is 82.5 Å². The fraction of sp³-hybridized carbons (Fsp3) is 0.464. The van der Waals surface area contributed by atoms with Crippen molar-refractivity contribution >= 4 is 62.9 Å². The number of hydrogen-bond acceptors (Lipinski definition) is 18. The molecule has 9 rings (SSSR count). The largest absolute Gasteiger partial charge is 0.507 e. The minimum absolute atomic E-state index is 0.0233. The first-order valence-corrected chi connectivity index (χ1v) is 25.6. The number of hydrazone groups is 1. The second-order valence-electron chi connectivity index (χ2n) is 21.0. The Morgan fingerprint density at radius 1 is 0.923 bits per heavy atom.